The van der Waals surface area contributed by atoms with E-state index in [1.807, 2.05) is 0 Å². The molecule has 2 fully saturated rings. The maximum atomic E-state index is 10.9. The van der Waals surface area contributed by atoms with Crippen molar-refractivity contribution in [2.75, 3.05) is 13.6 Å². The molecule has 0 spiro atoms. The molecule has 0 aliphatic heterocycles. The van der Waals surface area contributed by atoms with Gasteiger partial charge in [-0.1, -0.05) is 12.8 Å². The maximum Gasteiger partial charge on any atom is 0.306 e. The summed E-state index contributed by atoms with van der Waals surface area (Å²) in [6.45, 7) is 1.18. The third kappa shape index (κ3) is 3.44. The summed E-state index contributed by atoms with van der Waals surface area (Å²) in [5.41, 5.74) is 0. The van der Waals surface area contributed by atoms with Crippen molar-refractivity contribution in [1.82, 2.24) is 4.90 Å². The van der Waals surface area contributed by atoms with Crippen LogP contribution in [-0.2, 0) is 4.79 Å². The van der Waals surface area contributed by atoms with E-state index in [1.165, 1.54) is 32.2 Å². The standard InChI is InChI=1S/C14H25NO2/c1-15(13-4-2-3-5-13)10-11-6-8-12(9-7-11)14(16)17/h11-13H,2-10H2,1H3,(H,16,17). The van der Waals surface area contributed by atoms with E-state index in [9.17, 15) is 4.79 Å². The number of hydrogen-bond acceptors (Lipinski definition) is 2. The van der Waals surface area contributed by atoms with Gasteiger partial charge in [0.25, 0.3) is 0 Å². The minimum absolute atomic E-state index is 0.0666. The lowest BCUT2D eigenvalue weighted by Gasteiger charge is -2.32. The van der Waals surface area contributed by atoms with Crippen molar-refractivity contribution in [2.45, 2.75) is 57.4 Å². The molecule has 0 amide bonds. The van der Waals surface area contributed by atoms with Crippen molar-refractivity contribution in [3.8, 4) is 0 Å². The molecule has 0 aromatic rings. The molecule has 2 aliphatic rings. The fourth-order valence-corrected chi connectivity index (χ4v) is 3.49. The Balaban J connectivity index is 1.72. The highest BCUT2D eigenvalue weighted by Crippen LogP contribution is 2.31. The number of nitrogens with zero attached hydrogens (tertiary/aromatic N) is 1. The molecule has 2 rings (SSSR count). The van der Waals surface area contributed by atoms with Gasteiger partial charge in [-0.15, -0.1) is 0 Å². The van der Waals surface area contributed by atoms with E-state index >= 15 is 0 Å². The molecular weight excluding hydrogens is 214 g/mol. The Hall–Kier alpha value is -0.570. The fraction of sp³-hybridized carbons (Fsp3) is 0.929. The van der Waals surface area contributed by atoms with E-state index in [-0.39, 0.29) is 5.92 Å². The Morgan fingerprint density at radius 3 is 2.24 bits per heavy atom. The van der Waals surface area contributed by atoms with Gasteiger partial charge in [0.2, 0.25) is 0 Å². The topological polar surface area (TPSA) is 40.5 Å². The monoisotopic (exact) mass is 239 g/mol. The molecular formula is C14H25NO2. The molecule has 2 saturated carbocycles. The second kappa shape index (κ2) is 5.85. The molecule has 98 valence electrons. The predicted molar refractivity (Wildman–Crippen MR) is 68.0 cm³/mol. The zero-order valence-electron chi connectivity index (χ0n) is 10.9. The first-order valence-electron chi connectivity index (χ1n) is 7.10. The van der Waals surface area contributed by atoms with Crippen LogP contribution in [0.3, 0.4) is 0 Å². The Kier molecular flexibility index (Phi) is 4.43. The highest BCUT2D eigenvalue weighted by atomic mass is 16.4. The van der Waals surface area contributed by atoms with Crippen molar-refractivity contribution >= 4 is 5.97 Å². The van der Waals surface area contributed by atoms with E-state index in [0.717, 1.165) is 37.6 Å². The largest absolute Gasteiger partial charge is 0.481 e. The smallest absolute Gasteiger partial charge is 0.306 e. The van der Waals surface area contributed by atoms with Gasteiger partial charge in [0.1, 0.15) is 0 Å². The van der Waals surface area contributed by atoms with E-state index in [4.69, 9.17) is 5.11 Å². The van der Waals surface area contributed by atoms with Crippen LogP contribution in [0.4, 0.5) is 0 Å². The number of rotatable bonds is 4. The number of carboxylic acid groups (broad SMARTS) is 1. The van der Waals surface area contributed by atoms with Crippen LogP contribution in [0.2, 0.25) is 0 Å². The van der Waals surface area contributed by atoms with Gasteiger partial charge in [-0.05, 0) is 51.5 Å². The first kappa shape index (κ1) is 12.9. The molecule has 0 aromatic carbocycles. The minimum Gasteiger partial charge on any atom is -0.481 e. The average molecular weight is 239 g/mol. The molecule has 3 heteroatoms. The van der Waals surface area contributed by atoms with E-state index < -0.39 is 5.97 Å². The summed E-state index contributed by atoms with van der Waals surface area (Å²) in [5, 5.41) is 8.97. The number of carbonyl (C=O) groups is 1. The third-order valence-corrected chi connectivity index (χ3v) is 4.69. The quantitative estimate of drug-likeness (QED) is 0.820. The van der Waals surface area contributed by atoms with E-state index in [2.05, 4.69) is 11.9 Å². The Morgan fingerprint density at radius 2 is 1.71 bits per heavy atom. The predicted octanol–water partition coefficient (Wildman–Crippen LogP) is 2.75. The fourth-order valence-electron chi connectivity index (χ4n) is 3.49. The number of aliphatic carboxylic acids is 1. The Morgan fingerprint density at radius 1 is 1.12 bits per heavy atom. The molecule has 2 aliphatic carbocycles. The highest BCUT2D eigenvalue weighted by Gasteiger charge is 2.28. The molecule has 0 bridgehead atoms. The summed E-state index contributed by atoms with van der Waals surface area (Å²) in [6.07, 6.45) is 9.49. The van der Waals surface area contributed by atoms with Crippen LogP contribution in [0.1, 0.15) is 51.4 Å². The van der Waals surface area contributed by atoms with Gasteiger partial charge < -0.3 is 10.0 Å². The Labute approximate surface area is 104 Å². The van der Waals surface area contributed by atoms with Crippen LogP contribution >= 0.6 is 0 Å². The summed E-state index contributed by atoms with van der Waals surface area (Å²) < 4.78 is 0. The molecule has 0 heterocycles. The van der Waals surface area contributed by atoms with E-state index in [0.29, 0.717) is 0 Å². The lowest BCUT2D eigenvalue weighted by atomic mass is 9.82. The molecule has 3 nitrogen and oxygen atoms in total. The minimum atomic E-state index is -0.590. The summed E-state index contributed by atoms with van der Waals surface area (Å²) in [6, 6.07) is 0.798. The van der Waals surface area contributed by atoms with Gasteiger partial charge in [-0.2, -0.15) is 0 Å². The molecule has 0 radical (unpaired) electrons. The molecule has 0 atom stereocenters. The van der Waals surface area contributed by atoms with Gasteiger partial charge in [-0.25, -0.2) is 0 Å². The lowest BCUT2D eigenvalue weighted by Crippen LogP contribution is -2.35. The summed E-state index contributed by atoms with van der Waals surface area (Å²) in [4.78, 5) is 13.4. The van der Waals surface area contributed by atoms with Crippen LogP contribution in [0.15, 0.2) is 0 Å². The zero-order valence-corrected chi connectivity index (χ0v) is 10.9. The number of hydrogen-bond donors (Lipinski definition) is 1. The maximum absolute atomic E-state index is 10.9. The molecule has 0 unspecified atom stereocenters. The second-order valence-electron chi connectivity index (χ2n) is 5.93. The molecule has 0 saturated heterocycles. The average Bonchev–Trinajstić information content (AvgIpc) is 2.83. The normalized spacial score (nSPS) is 30.9. The third-order valence-electron chi connectivity index (χ3n) is 4.69. The molecule has 0 aromatic heterocycles. The second-order valence-corrected chi connectivity index (χ2v) is 5.93. The lowest BCUT2D eigenvalue weighted by molar-refractivity contribution is -0.143. The van der Waals surface area contributed by atoms with Gasteiger partial charge in [0.15, 0.2) is 0 Å². The van der Waals surface area contributed by atoms with Gasteiger partial charge >= 0.3 is 5.97 Å². The van der Waals surface area contributed by atoms with Gasteiger partial charge in [-0.3, -0.25) is 4.79 Å². The summed E-state index contributed by atoms with van der Waals surface area (Å²) >= 11 is 0. The highest BCUT2D eigenvalue weighted by molar-refractivity contribution is 5.69. The number of carboxylic acids is 1. The first-order valence-corrected chi connectivity index (χ1v) is 7.10. The molecule has 1 N–H and O–H groups in total. The summed E-state index contributed by atoms with van der Waals surface area (Å²) in [5.74, 6) is 0.0758. The van der Waals surface area contributed by atoms with Gasteiger partial charge in [0, 0.05) is 12.6 Å². The van der Waals surface area contributed by atoms with Crippen LogP contribution in [0.25, 0.3) is 0 Å². The van der Waals surface area contributed by atoms with E-state index in [1.54, 1.807) is 0 Å². The van der Waals surface area contributed by atoms with Crippen molar-refractivity contribution in [3.63, 3.8) is 0 Å². The Bertz CT molecular complexity index is 253. The van der Waals surface area contributed by atoms with Crippen LogP contribution < -0.4 is 0 Å². The van der Waals surface area contributed by atoms with Crippen molar-refractivity contribution in [3.05, 3.63) is 0 Å². The van der Waals surface area contributed by atoms with Crippen molar-refractivity contribution in [2.24, 2.45) is 11.8 Å². The van der Waals surface area contributed by atoms with Crippen LogP contribution in [0, 0.1) is 11.8 Å². The van der Waals surface area contributed by atoms with Crippen LogP contribution in [-0.4, -0.2) is 35.6 Å². The van der Waals surface area contributed by atoms with Crippen molar-refractivity contribution < 1.29 is 9.90 Å². The zero-order chi connectivity index (χ0) is 12.3. The first-order chi connectivity index (χ1) is 8.16. The summed E-state index contributed by atoms with van der Waals surface area (Å²) in [7, 11) is 2.25. The van der Waals surface area contributed by atoms with Crippen molar-refractivity contribution in [1.29, 1.82) is 0 Å². The molecule has 17 heavy (non-hydrogen) atoms. The SMILES string of the molecule is CN(CC1CCC(C(=O)O)CC1)C1CCCC1. The van der Waals surface area contributed by atoms with Gasteiger partial charge in [0.05, 0.1) is 5.92 Å². The van der Waals surface area contributed by atoms with Crippen LogP contribution in [0.5, 0.6) is 0 Å².